The van der Waals surface area contributed by atoms with Gasteiger partial charge in [-0.25, -0.2) is 0 Å². The SMILES string of the molecule is COc1cc(/C=C(\C#N)C(=O)Nc2cc(Cl)ccc2Cl)cc2c1OCCO2. The predicted octanol–water partition coefficient (Wildman–Crippen LogP) is 4.32. The first-order chi connectivity index (χ1) is 13.0. The fourth-order valence-electron chi connectivity index (χ4n) is 2.47. The van der Waals surface area contributed by atoms with Crippen molar-refractivity contribution in [2.24, 2.45) is 0 Å². The van der Waals surface area contributed by atoms with Gasteiger partial charge in [-0.05, 0) is 42.0 Å². The Morgan fingerprint density at radius 2 is 2.04 bits per heavy atom. The molecule has 0 saturated heterocycles. The number of ether oxygens (including phenoxy) is 3. The van der Waals surface area contributed by atoms with E-state index in [2.05, 4.69) is 5.32 Å². The van der Waals surface area contributed by atoms with E-state index in [1.165, 1.54) is 19.3 Å². The number of methoxy groups -OCH3 is 1. The lowest BCUT2D eigenvalue weighted by molar-refractivity contribution is -0.112. The molecule has 0 aliphatic carbocycles. The van der Waals surface area contributed by atoms with Gasteiger partial charge in [-0.1, -0.05) is 23.2 Å². The Morgan fingerprint density at radius 1 is 1.26 bits per heavy atom. The number of anilines is 1. The number of carbonyl (C=O) groups is 1. The third-order valence-electron chi connectivity index (χ3n) is 3.70. The standard InChI is InChI=1S/C19H14Cl2N2O4/c1-25-16-7-11(8-17-18(16)27-5-4-26-17)6-12(10-22)19(24)23-15-9-13(20)2-3-14(15)21/h2-3,6-9H,4-5H2,1H3,(H,23,24)/b12-6+. The normalized spacial score (nSPS) is 12.9. The molecule has 0 bridgehead atoms. The smallest absolute Gasteiger partial charge is 0.266 e. The van der Waals surface area contributed by atoms with Crippen molar-refractivity contribution in [1.29, 1.82) is 5.26 Å². The minimum Gasteiger partial charge on any atom is -0.493 e. The second kappa shape index (κ2) is 8.21. The quantitative estimate of drug-likeness (QED) is 0.606. The van der Waals surface area contributed by atoms with Gasteiger partial charge in [-0.2, -0.15) is 5.26 Å². The highest BCUT2D eigenvalue weighted by molar-refractivity contribution is 6.36. The van der Waals surface area contributed by atoms with E-state index in [0.717, 1.165) is 0 Å². The van der Waals surface area contributed by atoms with Crippen molar-refractivity contribution >= 4 is 40.9 Å². The summed E-state index contributed by atoms with van der Waals surface area (Å²) in [7, 11) is 1.50. The number of fused-ring (bicyclic) bond motifs is 1. The molecule has 8 heteroatoms. The summed E-state index contributed by atoms with van der Waals surface area (Å²) in [5.74, 6) is 0.821. The Labute approximate surface area is 165 Å². The molecular formula is C19H14Cl2N2O4. The second-order valence-electron chi connectivity index (χ2n) is 5.50. The van der Waals surface area contributed by atoms with Gasteiger partial charge in [-0.15, -0.1) is 0 Å². The van der Waals surface area contributed by atoms with Crippen molar-refractivity contribution in [3.8, 4) is 23.3 Å². The van der Waals surface area contributed by atoms with Crippen LogP contribution in [0.4, 0.5) is 5.69 Å². The highest BCUT2D eigenvalue weighted by atomic mass is 35.5. The molecule has 2 aromatic rings. The topological polar surface area (TPSA) is 80.6 Å². The van der Waals surface area contributed by atoms with Crippen LogP contribution in [0.3, 0.4) is 0 Å². The van der Waals surface area contributed by atoms with E-state index in [1.807, 2.05) is 6.07 Å². The molecule has 0 unspecified atom stereocenters. The van der Waals surface area contributed by atoms with Gasteiger partial charge in [0, 0.05) is 5.02 Å². The summed E-state index contributed by atoms with van der Waals surface area (Å²) < 4.78 is 16.4. The van der Waals surface area contributed by atoms with Crippen molar-refractivity contribution in [2.45, 2.75) is 0 Å². The summed E-state index contributed by atoms with van der Waals surface area (Å²) >= 11 is 12.0. The number of benzene rings is 2. The van der Waals surface area contributed by atoms with Crippen LogP contribution in [-0.4, -0.2) is 26.2 Å². The number of rotatable bonds is 4. The maximum absolute atomic E-state index is 12.5. The predicted molar refractivity (Wildman–Crippen MR) is 103 cm³/mol. The van der Waals surface area contributed by atoms with Gasteiger partial charge in [0.2, 0.25) is 5.75 Å². The molecule has 1 aliphatic rings. The van der Waals surface area contributed by atoms with Crippen LogP contribution in [-0.2, 0) is 4.79 Å². The van der Waals surface area contributed by atoms with Gasteiger partial charge < -0.3 is 19.5 Å². The average molecular weight is 405 g/mol. The molecule has 0 saturated carbocycles. The van der Waals surface area contributed by atoms with E-state index in [9.17, 15) is 10.1 Å². The van der Waals surface area contributed by atoms with Gasteiger partial charge >= 0.3 is 0 Å². The van der Waals surface area contributed by atoms with Crippen molar-refractivity contribution in [1.82, 2.24) is 0 Å². The van der Waals surface area contributed by atoms with Gasteiger partial charge in [0.15, 0.2) is 11.5 Å². The van der Waals surface area contributed by atoms with Crippen LogP contribution in [0, 0.1) is 11.3 Å². The van der Waals surface area contributed by atoms with Crippen molar-refractivity contribution in [3.63, 3.8) is 0 Å². The number of nitriles is 1. The van der Waals surface area contributed by atoms with Crippen molar-refractivity contribution in [2.75, 3.05) is 25.6 Å². The Balaban J connectivity index is 1.91. The molecule has 27 heavy (non-hydrogen) atoms. The van der Waals surface area contributed by atoms with Gasteiger partial charge in [0.05, 0.1) is 17.8 Å². The third-order valence-corrected chi connectivity index (χ3v) is 4.27. The van der Waals surface area contributed by atoms with Crippen LogP contribution >= 0.6 is 23.2 Å². The first-order valence-electron chi connectivity index (χ1n) is 7.87. The fraction of sp³-hybridized carbons (Fsp3) is 0.158. The number of amides is 1. The van der Waals surface area contributed by atoms with Crippen LogP contribution in [0.1, 0.15) is 5.56 Å². The number of nitrogens with zero attached hydrogens (tertiary/aromatic N) is 1. The Hall–Kier alpha value is -2.88. The minimum absolute atomic E-state index is 0.121. The molecule has 6 nitrogen and oxygen atoms in total. The van der Waals surface area contributed by atoms with Crippen LogP contribution in [0.25, 0.3) is 6.08 Å². The van der Waals surface area contributed by atoms with E-state index in [1.54, 1.807) is 24.3 Å². The number of hydrogen-bond acceptors (Lipinski definition) is 5. The summed E-state index contributed by atoms with van der Waals surface area (Å²) in [6.07, 6.45) is 1.43. The Morgan fingerprint density at radius 3 is 2.78 bits per heavy atom. The number of nitrogens with one attached hydrogen (secondary N) is 1. The Bertz CT molecular complexity index is 950. The first kappa shape index (κ1) is 18.9. The maximum atomic E-state index is 12.5. The molecule has 0 radical (unpaired) electrons. The maximum Gasteiger partial charge on any atom is 0.266 e. The molecule has 1 N–H and O–H groups in total. The molecule has 0 aromatic heterocycles. The molecule has 0 fully saturated rings. The Kier molecular flexibility index (Phi) is 5.75. The molecule has 1 aliphatic heterocycles. The van der Waals surface area contributed by atoms with Gasteiger partial charge in [-0.3, -0.25) is 4.79 Å². The molecule has 3 rings (SSSR count). The van der Waals surface area contributed by atoms with Gasteiger partial charge in [0.1, 0.15) is 24.9 Å². The molecular weight excluding hydrogens is 391 g/mol. The van der Waals surface area contributed by atoms with Crippen LogP contribution < -0.4 is 19.5 Å². The van der Waals surface area contributed by atoms with Gasteiger partial charge in [0.25, 0.3) is 5.91 Å². The zero-order valence-electron chi connectivity index (χ0n) is 14.2. The largest absolute Gasteiger partial charge is 0.493 e. The molecule has 2 aromatic carbocycles. The van der Waals surface area contributed by atoms with E-state index < -0.39 is 5.91 Å². The first-order valence-corrected chi connectivity index (χ1v) is 8.63. The highest BCUT2D eigenvalue weighted by Gasteiger charge is 2.19. The van der Waals surface area contributed by atoms with Crippen molar-refractivity contribution in [3.05, 3.63) is 51.5 Å². The molecule has 0 spiro atoms. The summed E-state index contributed by atoms with van der Waals surface area (Å²) in [5, 5.41) is 12.7. The van der Waals surface area contributed by atoms with Crippen LogP contribution in [0.15, 0.2) is 35.9 Å². The zero-order chi connectivity index (χ0) is 19.4. The van der Waals surface area contributed by atoms with E-state index in [4.69, 9.17) is 37.4 Å². The summed E-state index contributed by atoms with van der Waals surface area (Å²) in [6, 6.07) is 9.87. The highest BCUT2D eigenvalue weighted by Crippen LogP contribution is 2.40. The molecule has 138 valence electrons. The van der Waals surface area contributed by atoms with Crippen molar-refractivity contribution < 1.29 is 19.0 Å². The van der Waals surface area contributed by atoms with E-state index in [-0.39, 0.29) is 5.57 Å². The second-order valence-corrected chi connectivity index (χ2v) is 6.34. The molecule has 0 atom stereocenters. The molecule has 1 amide bonds. The third kappa shape index (κ3) is 4.27. The summed E-state index contributed by atoms with van der Waals surface area (Å²) in [5.41, 5.74) is 0.750. The zero-order valence-corrected chi connectivity index (χ0v) is 15.7. The lowest BCUT2D eigenvalue weighted by Gasteiger charge is -2.21. The number of carbonyl (C=O) groups excluding carboxylic acids is 1. The number of hydrogen-bond donors (Lipinski definition) is 1. The summed E-state index contributed by atoms with van der Waals surface area (Å²) in [6.45, 7) is 0.826. The average Bonchev–Trinajstić information content (AvgIpc) is 2.68. The lowest BCUT2D eigenvalue weighted by Crippen LogP contribution is -2.16. The van der Waals surface area contributed by atoms with E-state index >= 15 is 0 Å². The fourth-order valence-corrected chi connectivity index (χ4v) is 2.81. The monoisotopic (exact) mass is 404 g/mol. The minimum atomic E-state index is -0.615. The summed E-state index contributed by atoms with van der Waals surface area (Å²) in [4.78, 5) is 12.5. The molecule has 1 heterocycles. The lowest BCUT2D eigenvalue weighted by atomic mass is 10.1. The number of halogens is 2. The van der Waals surface area contributed by atoms with Crippen LogP contribution in [0.2, 0.25) is 10.0 Å². The van der Waals surface area contributed by atoms with E-state index in [0.29, 0.717) is 51.8 Å². The van der Waals surface area contributed by atoms with Crippen LogP contribution in [0.5, 0.6) is 17.2 Å².